The van der Waals surface area contributed by atoms with Gasteiger partial charge in [0.15, 0.2) is 6.29 Å². The van der Waals surface area contributed by atoms with E-state index >= 15 is 0 Å². The molecule has 6 atom stereocenters. The van der Waals surface area contributed by atoms with Crippen molar-refractivity contribution in [2.24, 2.45) is 0 Å². The van der Waals surface area contributed by atoms with E-state index in [0.29, 0.717) is 19.8 Å². The van der Waals surface area contributed by atoms with E-state index < -0.39 is 24.6 Å². The molecule has 2 aliphatic rings. The first-order valence-corrected chi connectivity index (χ1v) is 15.7. The molecular formula is C36H38O7S. The van der Waals surface area contributed by atoms with E-state index in [4.69, 9.17) is 33.2 Å². The van der Waals surface area contributed by atoms with Crippen LogP contribution in [0.15, 0.2) is 108 Å². The molecule has 0 bridgehead atoms. The minimum atomic E-state index is -0.531. The van der Waals surface area contributed by atoms with Gasteiger partial charge < -0.3 is 33.2 Å². The molecule has 6 rings (SSSR count). The van der Waals surface area contributed by atoms with Crippen LogP contribution in [-0.2, 0) is 36.9 Å². The highest BCUT2D eigenvalue weighted by Crippen LogP contribution is 2.41. The van der Waals surface area contributed by atoms with Crippen molar-refractivity contribution < 1.29 is 33.2 Å². The average Bonchev–Trinajstić information content (AvgIpc) is 3.08. The Labute approximate surface area is 263 Å². The number of hydrogen-bond acceptors (Lipinski definition) is 8. The quantitative estimate of drug-likeness (QED) is 0.177. The molecule has 0 aromatic heterocycles. The van der Waals surface area contributed by atoms with Crippen LogP contribution >= 0.6 is 11.8 Å². The van der Waals surface area contributed by atoms with Crippen molar-refractivity contribution in [1.29, 1.82) is 0 Å². The van der Waals surface area contributed by atoms with Crippen LogP contribution in [0.5, 0.6) is 11.5 Å². The second-order valence-corrected chi connectivity index (χ2v) is 12.1. The van der Waals surface area contributed by atoms with E-state index in [1.54, 1.807) is 26.0 Å². The predicted octanol–water partition coefficient (Wildman–Crippen LogP) is 7.11. The third-order valence-corrected chi connectivity index (χ3v) is 8.99. The molecule has 0 saturated carbocycles. The summed E-state index contributed by atoms with van der Waals surface area (Å²) < 4.78 is 43.7. The summed E-state index contributed by atoms with van der Waals surface area (Å²) in [5.41, 5.74) is 3.84. The highest BCUT2D eigenvalue weighted by Gasteiger charge is 2.51. The van der Waals surface area contributed by atoms with Crippen molar-refractivity contribution in [3.8, 4) is 11.5 Å². The van der Waals surface area contributed by atoms with Gasteiger partial charge in [0.05, 0.1) is 34.0 Å². The van der Waals surface area contributed by atoms with Crippen LogP contribution in [0.1, 0.15) is 28.5 Å². The van der Waals surface area contributed by atoms with Crippen LogP contribution in [-0.4, -0.2) is 50.7 Å². The Hall–Kier alpha value is -3.37. The molecule has 8 heteroatoms. The maximum Gasteiger partial charge on any atom is 0.184 e. The van der Waals surface area contributed by atoms with Crippen LogP contribution in [0, 0.1) is 6.92 Å². The molecule has 4 aromatic rings. The fourth-order valence-electron chi connectivity index (χ4n) is 5.37. The number of rotatable bonds is 11. The zero-order valence-electron chi connectivity index (χ0n) is 25.2. The Balaban J connectivity index is 1.30. The SMILES string of the molecule is COc1ccc(CO[C@@H]2[C@H](OCc3ccc(OC)cc3)[C@@H](Sc3ccc(C)cc3)O[C@@H]3COC(c4ccccc4)O[C@@H]23)cc1. The molecule has 2 heterocycles. The monoisotopic (exact) mass is 614 g/mol. The van der Waals surface area contributed by atoms with Gasteiger partial charge in [-0.25, -0.2) is 0 Å². The zero-order valence-corrected chi connectivity index (χ0v) is 26.0. The predicted molar refractivity (Wildman–Crippen MR) is 169 cm³/mol. The Morgan fingerprint density at radius 1 is 0.682 bits per heavy atom. The van der Waals surface area contributed by atoms with E-state index in [0.717, 1.165) is 33.1 Å². The third kappa shape index (κ3) is 7.46. The van der Waals surface area contributed by atoms with Gasteiger partial charge in [-0.15, -0.1) is 0 Å². The van der Waals surface area contributed by atoms with E-state index in [1.165, 1.54) is 5.56 Å². The number of hydrogen-bond donors (Lipinski definition) is 0. The van der Waals surface area contributed by atoms with E-state index in [9.17, 15) is 0 Å². The van der Waals surface area contributed by atoms with Gasteiger partial charge in [-0.1, -0.05) is 84.1 Å². The molecule has 44 heavy (non-hydrogen) atoms. The fourth-order valence-corrected chi connectivity index (χ4v) is 6.49. The lowest BCUT2D eigenvalue weighted by atomic mass is 9.98. The van der Waals surface area contributed by atoms with Crippen LogP contribution in [0.4, 0.5) is 0 Å². The van der Waals surface area contributed by atoms with Crippen LogP contribution < -0.4 is 9.47 Å². The van der Waals surface area contributed by atoms with E-state index in [-0.39, 0.29) is 11.5 Å². The molecule has 0 N–H and O–H groups in total. The van der Waals surface area contributed by atoms with Crippen LogP contribution in [0.3, 0.4) is 0 Å². The van der Waals surface area contributed by atoms with Gasteiger partial charge in [0.1, 0.15) is 41.4 Å². The first-order valence-electron chi connectivity index (χ1n) is 14.8. The lowest BCUT2D eigenvalue weighted by molar-refractivity contribution is -0.329. The molecule has 2 fully saturated rings. The number of benzene rings is 4. The van der Waals surface area contributed by atoms with Gasteiger partial charge in [0.25, 0.3) is 0 Å². The first-order chi connectivity index (χ1) is 21.6. The van der Waals surface area contributed by atoms with Gasteiger partial charge >= 0.3 is 0 Å². The molecule has 0 amide bonds. The number of methoxy groups -OCH3 is 2. The van der Waals surface area contributed by atoms with Crippen molar-refractivity contribution in [3.05, 3.63) is 125 Å². The molecule has 0 aliphatic carbocycles. The maximum atomic E-state index is 6.76. The van der Waals surface area contributed by atoms with E-state index in [2.05, 4.69) is 31.2 Å². The third-order valence-electron chi connectivity index (χ3n) is 7.83. The van der Waals surface area contributed by atoms with Gasteiger partial charge in [0.2, 0.25) is 0 Å². The summed E-state index contributed by atoms with van der Waals surface area (Å²) >= 11 is 1.63. The summed E-state index contributed by atoms with van der Waals surface area (Å²) in [5, 5.41) is 0. The maximum absolute atomic E-state index is 6.76. The van der Waals surface area contributed by atoms with E-state index in [1.807, 2.05) is 78.9 Å². The second kappa shape index (κ2) is 14.6. The molecule has 0 spiro atoms. The largest absolute Gasteiger partial charge is 0.497 e. The highest BCUT2D eigenvalue weighted by molar-refractivity contribution is 7.99. The van der Waals surface area contributed by atoms with Gasteiger partial charge in [-0.2, -0.15) is 0 Å². The smallest absolute Gasteiger partial charge is 0.184 e. The summed E-state index contributed by atoms with van der Waals surface area (Å²) in [6, 6.07) is 34.2. The zero-order chi connectivity index (χ0) is 30.3. The lowest BCUT2D eigenvalue weighted by Crippen LogP contribution is -2.62. The summed E-state index contributed by atoms with van der Waals surface area (Å²) in [6.45, 7) is 3.21. The van der Waals surface area contributed by atoms with Crippen LogP contribution in [0.25, 0.3) is 0 Å². The molecular weight excluding hydrogens is 576 g/mol. The fraction of sp³-hybridized carbons (Fsp3) is 0.333. The number of fused-ring (bicyclic) bond motifs is 1. The number of thioether (sulfide) groups is 1. The normalized spacial score (nSPS) is 24.8. The summed E-state index contributed by atoms with van der Waals surface area (Å²) in [7, 11) is 3.32. The molecule has 0 radical (unpaired) electrons. The minimum Gasteiger partial charge on any atom is -0.497 e. The molecule has 230 valence electrons. The Kier molecular flexibility index (Phi) is 10.2. The van der Waals surface area contributed by atoms with Crippen molar-refractivity contribution in [1.82, 2.24) is 0 Å². The molecule has 1 unspecified atom stereocenters. The Morgan fingerprint density at radius 3 is 1.86 bits per heavy atom. The molecule has 2 aliphatic heterocycles. The standard InChI is InChI=1S/C36H38O7S/c1-24-9-19-30(20-10-24)44-36-34(40-22-26-13-17-29(38-3)18-14-26)33(39-21-25-11-15-28(37-2)16-12-25)32-31(42-36)23-41-35(43-32)27-7-5-4-6-8-27/h4-20,31-36H,21-23H2,1-3H3/t31-,32-,33+,34+,35?,36-/m1/s1. The Bertz CT molecular complexity index is 1450. The number of aryl methyl sites for hydroxylation is 1. The van der Waals surface area contributed by atoms with Crippen molar-refractivity contribution in [2.45, 2.75) is 61.2 Å². The van der Waals surface area contributed by atoms with Crippen LogP contribution in [0.2, 0.25) is 0 Å². The summed E-state index contributed by atoms with van der Waals surface area (Å²) in [6.07, 6.45) is -2.16. The van der Waals surface area contributed by atoms with Gasteiger partial charge in [-0.3, -0.25) is 0 Å². The number of ether oxygens (including phenoxy) is 7. The summed E-state index contributed by atoms with van der Waals surface area (Å²) in [5.74, 6) is 1.60. The van der Waals surface area contributed by atoms with Crippen molar-refractivity contribution in [2.75, 3.05) is 20.8 Å². The van der Waals surface area contributed by atoms with Gasteiger partial charge in [-0.05, 0) is 54.4 Å². The Morgan fingerprint density at radius 2 is 1.27 bits per heavy atom. The van der Waals surface area contributed by atoms with Crippen molar-refractivity contribution >= 4 is 11.8 Å². The minimum absolute atomic E-state index is 0.334. The molecule has 7 nitrogen and oxygen atoms in total. The molecule has 4 aromatic carbocycles. The topological polar surface area (TPSA) is 64.6 Å². The second-order valence-electron chi connectivity index (χ2n) is 10.9. The van der Waals surface area contributed by atoms with Crippen molar-refractivity contribution in [3.63, 3.8) is 0 Å². The lowest BCUT2D eigenvalue weighted by Gasteiger charge is -2.49. The van der Waals surface area contributed by atoms with Gasteiger partial charge in [0, 0.05) is 10.5 Å². The molecule has 2 saturated heterocycles. The summed E-state index contributed by atoms with van der Waals surface area (Å²) in [4.78, 5) is 1.09. The highest BCUT2D eigenvalue weighted by atomic mass is 32.2. The average molecular weight is 615 g/mol. The first kappa shape index (κ1) is 30.6.